The molecule has 1 aliphatic heterocycles. The van der Waals surface area contributed by atoms with Crippen molar-refractivity contribution >= 4 is 35.0 Å². The van der Waals surface area contributed by atoms with Gasteiger partial charge in [0.1, 0.15) is 16.7 Å². The Morgan fingerprint density at radius 1 is 1.43 bits per heavy atom. The van der Waals surface area contributed by atoms with Gasteiger partial charge in [-0.3, -0.25) is 0 Å². The Bertz CT molecular complexity index is 709. The summed E-state index contributed by atoms with van der Waals surface area (Å²) in [5, 5.41) is 1.31. The molecule has 1 saturated heterocycles. The molecule has 0 amide bonds. The van der Waals surface area contributed by atoms with Gasteiger partial charge in [0.25, 0.3) is 0 Å². The Balaban J connectivity index is 1.79. The summed E-state index contributed by atoms with van der Waals surface area (Å²) in [6.07, 6.45) is 5.96. The van der Waals surface area contributed by atoms with Crippen LogP contribution in [0.15, 0.2) is 28.4 Å². The Morgan fingerprint density at radius 3 is 2.96 bits per heavy atom. The van der Waals surface area contributed by atoms with Crippen molar-refractivity contribution in [1.82, 2.24) is 15.0 Å². The number of nitrogens with two attached hydrogens (primary N) is 1. The third kappa shape index (κ3) is 3.53. The van der Waals surface area contributed by atoms with Gasteiger partial charge >= 0.3 is 0 Å². The number of anilines is 2. The Kier molecular flexibility index (Phi) is 4.92. The van der Waals surface area contributed by atoms with E-state index >= 15 is 0 Å². The highest BCUT2D eigenvalue weighted by Gasteiger charge is 2.22. The SMILES string of the molecule is CC[C@@H]1CCN(c2cnc(Sc3ccnc(N)c3Cl)c(C)n2)C1. The number of nitrogens with zero attached hydrogens (tertiary/aromatic N) is 4. The monoisotopic (exact) mass is 349 g/mol. The van der Waals surface area contributed by atoms with E-state index < -0.39 is 0 Å². The summed E-state index contributed by atoms with van der Waals surface area (Å²) < 4.78 is 0. The van der Waals surface area contributed by atoms with E-state index in [1.165, 1.54) is 24.6 Å². The molecule has 122 valence electrons. The van der Waals surface area contributed by atoms with Gasteiger partial charge in [0, 0.05) is 24.2 Å². The van der Waals surface area contributed by atoms with E-state index in [0.717, 1.165) is 40.4 Å². The van der Waals surface area contributed by atoms with Gasteiger partial charge in [-0.05, 0) is 25.3 Å². The summed E-state index contributed by atoms with van der Waals surface area (Å²) in [6, 6.07) is 1.84. The number of hydrogen-bond acceptors (Lipinski definition) is 6. The second kappa shape index (κ2) is 6.93. The molecular formula is C16H20ClN5S. The summed E-state index contributed by atoms with van der Waals surface area (Å²) in [7, 11) is 0. The molecule has 1 atom stereocenters. The van der Waals surface area contributed by atoms with Gasteiger partial charge < -0.3 is 10.6 Å². The molecule has 2 aromatic rings. The zero-order valence-electron chi connectivity index (χ0n) is 13.3. The first-order valence-corrected chi connectivity index (χ1v) is 8.94. The van der Waals surface area contributed by atoms with E-state index in [-0.39, 0.29) is 0 Å². The molecule has 5 nitrogen and oxygen atoms in total. The first-order valence-electron chi connectivity index (χ1n) is 7.75. The van der Waals surface area contributed by atoms with Gasteiger partial charge in [0.05, 0.1) is 16.9 Å². The highest BCUT2D eigenvalue weighted by Crippen LogP contribution is 2.36. The van der Waals surface area contributed by atoms with Crippen molar-refractivity contribution in [1.29, 1.82) is 0 Å². The van der Waals surface area contributed by atoms with Crippen molar-refractivity contribution in [2.45, 2.75) is 36.6 Å². The number of rotatable bonds is 4. The van der Waals surface area contributed by atoms with E-state index in [9.17, 15) is 0 Å². The van der Waals surface area contributed by atoms with Crippen molar-refractivity contribution in [3.05, 3.63) is 29.2 Å². The van der Waals surface area contributed by atoms with Gasteiger partial charge in [-0.1, -0.05) is 36.7 Å². The minimum absolute atomic E-state index is 0.335. The van der Waals surface area contributed by atoms with Crippen LogP contribution in [-0.2, 0) is 0 Å². The fourth-order valence-corrected chi connectivity index (χ4v) is 3.77. The molecule has 2 aromatic heterocycles. The lowest BCUT2D eigenvalue weighted by atomic mass is 10.1. The van der Waals surface area contributed by atoms with Gasteiger partial charge in [-0.2, -0.15) is 0 Å². The molecule has 1 fully saturated rings. The molecular weight excluding hydrogens is 330 g/mol. The third-order valence-corrected chi connectivity index (χ3v) is 5.83. The molecule has 0 saturated carbocycles. The minimum Gasteiger partial charge on any atom is -0.382 e. The van der Waals surface area contributed by atoms with Crippen LogP contribution in [0.1, 0.15) is 25.5 Å². The molecule has 2 N–H and O–H groups in total. The highest BCUT2D eigenvalue weighted by atomic mass is 35.5. The number of nitrogen functional groups attached to an aromatic ring is 1. The average Bonchev–Trinajstić information content (AvgIpc) is 3.02. The highest BCUT2D eigenvalue weighted by molar-refractivity contribution is 7.99. The van der Waals surface area contributed by atoms with Gasteiger partial charge in [0.2, 0.25) is 0 Å². The van der Waals surface area contributed by atoms with Crippen molar-refractivity contribution in [3.8, 4) is 0 Å². The fourth-order valence-electron chi connectivity index (χ4n) is 2.71. The Hall–Kier alpha value is -1.53. The van der Waals surface area contributed by atoms with Crippen molar-refractivity contribution in [2.24, 2.45) is 5.92 Å². The van der Waals surface area contributed by atoms with Crippen molar-refractivity contribution in [2.75, 3.05) is 23.7 Å². The second-order valence-corrected chi connectivity index (χ2v) is 7.15. The van der Waals surface area contributed by atoms with Crippen LogP contribution >= 0.6 is 23.4 Å². The Morgan fingerprint density at radius 2 is 2.26 bits per heavy atom. The zero-order valence-corrected chi connectivity index (χ0v) is 14.9. The van der Waals surface area contributed by atoms with Crippen LogP contribution in [0.25, 0.3) is 0 Å². The Labute approximate surface area is 145 Å². The first kappa shape index (κ1) is 16.3. The molecule has 0 spiro atoms. The van der Waals surface area contributed by atoms with Crippen molar-refractivity contribution < 1.29 is 0 Å². The van der Waals surface area contributed by atoms with E-state index in [1.54, 1.807) is 6.20 Å². The van der Waals surface area contributed by atoms with Gasteiger partial charge in [-0.25, -0.2) is 15.0 Å². The molecule has 0 bridgehead atoms. The maximum Gasteiger partial charge on any atom is 0.147 e. The topological polar surface area (TPSA) is 67.9 Å². The molecule has 23 heavy (non-hydrogen) atoms. The molecule has 1 aliphatic rings. The van der Waals surface area contributed by atoms with Crippen LogP contribution in [0, 0.1) is 12.8 Å². The first-order chi connectivity index (χ1) is 11.1. The number of aromatic nitrogens is 3. The van der Waals surface area contributed by atoms with E-state index in [2.05, 4.69) is 21.8 Å². The van der Waals surface area contributed by atoms with E-state index in [0.29, 0.717) is 10.8 Å². The lowest BCUT2D eigenvalue weighted by Gasteiger charge is -2.18. The molecule has 0 radical (unpaired) electrons. The second-order valence-electron chi connectivity index (χ2n) is 5.74. The van der Waals surface area contributed by atoms with Crippen LogP contribution in [-0.4, -0.2) is 28.0 Å². The van der Waals surface area contributed by atoms with Crippen LogP contribution in [0.5, 0.6) is 0 Å². The lowest BCUT2D eigenvalue weighted by molar-refractivity contribution is 0.568. The predicted octanol–water partition coefficient (Wildman–Crippen LogP) is 3.80. The molecule has 3 heterocycles. The standard InChI is InChI=1S/C16H20ClN5S/c1-3-11-5-7-22(9-11)13-8-20-16(10(2)21-13)23-12-4-6-19-15(18)14(12)17/h4,6,8,11H,3,5,7,9H2,1-2H3,(H2,18,19)/t11-/m1/s1. The van der Waals surface area contributed by atoms with Crippen LogP contribution in [0.3, 0.4) is 0 Å². The number of halogens is 1. The quantitative estimate of drug-likeness (QED) is 0.905. The summed E-state index contributed by atoms with van der Waals surface area (Å²) in [5.74, 6) is 2.06. The maximum absolute atomic E-state index is 6.20. The largest absolute Gasteiger partial charge is 0.382 e. The molecule has 0 aromatic carbocycles. The molecule has 7 heteroatoms. The molecule has 0 unspecified atom stereocenters. The predicted molar refractivity (Wildman–Crippen MR) is 95.2 cm³/mol. The van der Waals surface area contributed by atoms with Crippen LogP contribution < -0.4 is 10.6 Å². The normalized spacial score (nSPS) is 17.7. The van der Waals surface area contributed by atoms with E-state index in [1.807, 2.05) is 19.2 Å². The van der Waals surface area contributed by atoms with E-state index in [4.69, 9.17) is 22.3 Å². The summed E-state index contributed by atoms with van der Waals surface area (Å²) in [6.45, 7) is 6.36. The fraction of sp³-hybridized carbons (Fsp3) is 0.438. The summed E-state index contributed by atoms with van der Waals surface area (Å²) in [5.41, 5.74) is 6.65. The van der Waals surface area contributed by atoms with Crippen LogP contribution in [0.2, 0.25) is 5.02 Å². The zero-order chi connectivity index (χ0) is 16.4. The third-order valence-electron chi connectivity index (χ3n) is 4.16. The number of hydrogen-bond donors (Lipinski definition) is 1. The number of pyridine rings is 1. The van der Waals surface area contributed by atoms with Crippen LogP contribution in [0.4, 0.5) is 11.6 Å². The number of aryl methyl sites for hydroxylation is 1. The van der Waals surface area contributed by atoms with Gasteiger partial charge in [0.15, 0.2) is 0 Å². The van der Waals surface area contributed by atoms with Gasteiger partial charge in [-0.15, -0.1) is 0 Å². The maximum atomic E-state index is 6.20. The summed E-state index contributed by atoms with van der Waals surface area (Å²) >= 11 is 7.66. The lowest BCUT2D eigenvalue weighted by Crippen LogP contribution is -2.21. The average molecular weight is 350 g/mol. The molecule has 0 aliphatic carbocycles. The summed E-state index contributed by atoms with van der Waals surface area (Å²) in [4.78, 5) is 16.4. The molecule has 3 rings (SSSR count). The minimum atomic E-state index is 0.335. The smallest absolute Gasteiger partial charge is 0.147 e. The van der Waals surface area contributed by atoms with Crippen molar-refractivity contribution in [3.63, 3.8) is 0 Å².